The molecule has 1 saturated heterocycles. The molecule has 0 amide bonds. The predicted molar refractivity (Wildman–Crippen MR) is 68.2 cm³/mol. The second kappa shape index (κ2) is 3.81. The van der Waals surface area contributed by atoms with E-state index >= 15 is 0 Å². The first-order valence-electron chi connectivity index (χ1n) is 5.99. The number of hydrogen-bond donors (Lipinski definition) is 3. The summed E-state index contributed by atoms with van der Waals surface area (Å²) in [6, 6.07) is 0. The molecule has 0 aromatic carbocycles. The van der Waals surface area contributed by atoms with Gasteiger partial charge in [-0.3, -0.25) is 5.10 Å². The number of fused-ring (bicyclic) bond motifs is 1. The number of nitrogens with one attached hydrogen (secondary N) is 1. The quantitative estimate of drug-likeness (QED) is 0.670. The van der Waals surface area contributed by atoms with E-state index in [1.54, 1.807) is 6.20 Å². The first-order chi connectivity index (χ1) is 8.55. The van der Waals surface area contributed by atoms with Crippen molar-refractivity contribution >= 4 is 22.8 Å². The zero-order valence-corrected chi connectivity index (χ0v) is 10.2. The third-order valence-electron chi connectivity index (χ3n) is 3.45. The van der Waals surface area contributed by atoms with Crippen molar-refractivity contribution in [1.29, 1.82) is 0 Å². The number of piperidine rings is 1. The summed E-state index contributed by atoms with van der Waals surface area (Å²) in [5.41, 5.74) is 5.77. The number of rotatable bonds is 1. The maximum atomic E-state index is 9.96. The summed E-state index contributed by atoms with van der Waals surface area (Å²) in [5, 5.41) is 17.6. The molecule has 0 unspecified atom stereocenters. The van der Waals surface area contributed by atoms with Crippen molar-refractivity contribution in [3.8, 4) is 0 Å². The molecule has 0 atom stereocenters. The topological polar surface area (TPSA) is 104 Å². The molecule has 0 saturated carbocycles. The molecule has 1 aliphatic rings. The van der Waals surface area contributed by atoms with Gasteiger partial charge in [-0.05, 0) is 19.8 Å². The Kier molecular flexibility index (Phi) is 2.37. The number of nitrogens with zero attached hydrogens (tertiary/aromatic N) is 4. The van der Waals surface area contributed by atoms with Gasteiger partial charge in [0.05, 0.1) is 17.2 Å². The largest absolute Gasteiger partial charge is 0.390 e. The van der Waals surface area contributed by atoms with Gasteiger partial charge in [-0.25, -0.2) is 0 Å². The summed E-state index contributed by atoms with van der Waals surface area (Å²) in [6.45, 7) is 3.37. The van der Waals surface area contributed by atoms with E-state index in [4.69, 9.17) is 5.73 Å². The van der Waals surface area contributed by atoms with Crippen LogP contribution in [-0.2, 0) is 0 Å². The Morgan fingerprint density at radius 1 is 1.39 bits per heavy atom. The molecule has 3 heterocycles. The van der Waals surface area contributed by atoms with E-state index < -0.39 is 5.60 Å². The van der Waals surface area contributed by atoms with Gasteiger partial charge in [0.2, 0.25) is 5.95 Å². The number of aromatic amines is 1. The van der Waals surface area contributed by atoms with E-state index in [0.717, 1.165) is 37.1 Å². The lowest BCUT2D eigenvalue weighted by Gasteiger charge is -2.36. The highest BCUT2D eigenvalue weighted by Gasteiger charge is 2.29. The average molecular weight is 248 g/mol. The van der Waals surface area contributed by atoms with E-state index in [-0.39, 0.29) is 5.95 Å². The summed E-state index contributed by atoms with van der Waals surface area (Å²) in [7, 11) is 0. The fraction of sp³-hybridized carbons (Fsp3) is 0.545. The molecular formula is C11H16N6O. The van der Waals surface area contributed by atoms with Gasteiger partial charge in [0.25, 0.3) is 0 Å². The van der Waals surface area contributed by atoms with Gasteiger partial charge in [-0.2, -0.15) is 15.1 Å². The fourth-order valence-electron chi connectivity index (χ4n) is 2.28. The molecule has 2 aromatic heterocycles. The van der Waals surface area contributed by atoms with Gasteiger partial charge in [-0.15, -0.1) is 0 Å². The minimum atomic E-state index is -0.579. The van der Waals surface area contributed by atoms with Crippen LogP contribution in [0.15, 0.2) is 6.20 Å². The van der Waals surface area contributed by atoms with Crippen LogP contribution in [0.2, 0.25) is 0 Å². The highest BCUT2D eigenvalue weighted by atomic mass is 16.3. The maximum Gasteiger partial charge on any atom is 0.224 e. The lowest BCUT2D eigenvalue weighted by Crippen LogP contribution is -2.42. The summed E-state index contributed by atoms with van der Waals surface area (Å²) < 4.78 is 0. The summed E-state index contributed by atoms with van der Waals surface area (Å²) >= 11 is 0. The second-order valence-corrected chi connectivity index (χ2v) is 5.02. The number of hydrogen-bond acceptors (Lipinski definition) is 6. The molecule has 96 valence electrons. The maximum absolute atomic E-state index is 9.96. The van der Waals surface area contributed by atoms with E-state index in [0.29, 0.717) is 5.65 Å². The third kappa shape index (κ3) is 1.86. The van der Waals surface area contributed by atoms with Gasteiger partial charge in [-0.1, -0.05) is 0 Å². The Bertz CT molecular complexity index is 568. The lowest BCUT2D eigenvalue weighted by atomic mass is 9.94. The van der Waals surface area contributed by atoms with E-state index in [9.17, 15) is 5.11 Å². The molecule has 2 aromatic rings. The molecular weight excluding hydrogens is 232 g/mol. The van der Waals surface area contributed by atoms with Crippen LogP contribution in [0.3, 0.4) is 0 Å². The Hall–Kier alpha value is -1.89. The molecule has 0 spiro atoms. The zero-order valence-electron chi connectivity index (χ0n) is 10.2. The molecule has 7 nitrogen and oxygen atoms in total. The first-order valence-corrected chi connectivity index (χ1v) is 5.99. The molecule has 0 bridgehead atoms. The van der Waals surface area contributed by atoms with Gasteiger partial charge in [0.15, 0.2) is 5.65 Å². The molecule has 0 radical (unpaired) electrons. The molecule has 7 heteroatoms. The SMILES string of the molecule is CC1(O)CCN(c2nc(N)nc3[nH]ncc23)CC1. The van der Waals surface area contributed by atoms with Crippen LogP contribution in [0.25, 0.3) is 11.0 Å². The van der Waals surface area contributed by atoms with Crippen molar-refractivity contribution < 1.29 is 5.11 Å². The molecule has 3 rings (SSSR count). The fourth-order valence-corrected chi connectivity index (χ4v) is 2.28. The first kappa shape index (κ1) is 11.2. The number of aliphatic hydroxyl groups is 1. The van der Waals surface area contributed by atoms with Crippen molar-refractivity contribution in [1.82, 2.24) is 20.2 Å². The van der Waals surface area contributed by atoms with E-state index in [1.165, 1.54) is 0 Å². The number of aromatic nitrogens is 4. The van der Waals surface area contributed by atoms with Gasteiger partial charge < -0.3 is 15.7 Å². The van der Waals surface area contributed by atoms with Crippen molar-refractivity contribution in [3.05, 3.63) is 6.20 Å². The third-order valence-corrected chi connectivity index (χ3v) is 3.45. The smallest absolute Gasteiger partial charge is 0.224 e. The van der Waals surface area contributed by atoms with Gasteiger partial charge in [0.1, 0.15) is 5.82 Å². The average Bonchev–Trinajstić information content (AvgIpc) is 2.76. The zero-order chi connectivity index (χ0) is 12.8. The minimum Gasteiger partial charge on any atom is -0.390 e. The second-order valence-electron chi connectivity index (χ2n) is 5.02. The molecule has 1 aliphatic heterocycles. The number of H-pyrrole nitrogens is 1. The normalized spacial score (nSPS) is 19.3. The van der Waals surface area contributed by atoms with Crippen molar-refractivity contribution in [2.24, 2.45) is 0 Å². The van der Waals surface area contributed by atoms with Crippen LogP contribution < -0.4 is 10.6 Å². The summed E-state index contributed by atoms with van der Waals surface area (Å²) in [5.74, 6) is 1.03. The Morgan fingerprint density at radius 2 is 2.11 bits per heavy atom. The lowest BCUT2D eigenvalue weighted by molar-refractivity contribution is 0.0350. The van der Waals surface area contributed by atoms with Crippen LogP contribution in [0.4, 0.5) is 11.8 Å². The monoisotopic (exact) mass is 248 g/mol. The van der Waals surface area contributed by atoms with Crippen LogP contribution in [-0.4, -0.2) is 44.0 Å². The highest BCUT2D eigenvalue weighted by molar-refractivity contribution is 5.87. The standard InChI is InChI=1S/C11H16N6O/c1-11(18)2-4-17(5-3-11)9-7-6-13-16-8(7)14-10(12)15-9/h6,18H,2-5H2,1H3,(H3,12,13,14,15,16). The van der Waals surface area contributed by atoms with Crippen LogP contribution >= 0.6 is 0 Å². The van der Waals surface area contributed by atoms with Gasteiger partial charge >= 0.3 is 0 Å². The molecule has 0 aliphatic carbocycles. The minimum absolute atomic E-state index is 0.235. The molecule has 1 fully saturated rings. The van der Waals surface area contributed by atoms with Crippen molar-refractivity contribution in [2.45, 2.75) is 25.4 Å². The Balaban J connectivity index is 1.97. The predicted octanol–water partition coefficient (Wildman–Crippen LogP) is 0.286. The van der Waals surface area contributed by atoms with Gasteiger partial charge in [0, 0.05) is 13.1 Å². The molecule has 4 N–H and O–H groups in total. The van der Waals surface area contributed by atoms with Crippen LogP contribution in [0.5, 0.6) is 0 Å². The van der Waals surface area contributed by atoms with Crippen molar-refractivity contribution in [2.75, 3.05) is 23.7 Å². The number of nitrogen functional groups attached to an aromatic ring is 1. The summed E-state index contributed by atoms with van der Waals surface area (Å²) in [4.78, 5) is 10.5. The van der Waals surface area contributed by atoms with E-state index in [1.807, 2.05) is 6.92 Å². The van der Waals surface area contributed by atoms with E-state index in [2.05, 4.69) is 25.1 Å². The summed E-state index contributed by atoms with van der Waals surface area (Å²) in [6.07, 6.45) is 3.14. The van der Waals surface area contributed by atoms with Crippen LogP contribution in [0.1, 0.15) is 19.8 Å². The van der Waals surface area contributed by atoms with Crippen LogP contribution in [0, 0.1) is 0 Å². The Morgan fingerprint density at radius 3 is 2.83 bits per heavy atom. The Labute approximate surface area is 104 Å². The highest BCUT2D eigenvalue weighted by Crippen LogP contribution is 2.28. The molecule has 18 heavy (non-hydrogen) atoms. The number of anilines is 2. The number of nitrogens with two attached hydrogens (primary N) is 1. The van der Waals surface area contributed by atoms with Crippen molar-refractivity contribution in [3.63, 3.8) is 0 Å².